The Morgan fingerprint density at radius 2 is 2.21 bits per heavy atom. The second-order valence-corrected chi connectivity index (χ2v) is 3.53. The molecule has 0 aromatic heterocycles. The maximum absolute atomic E-state index is 9.69. The normalized spacial score (nSPS) is 12.8. The number of phenolic OH excluding ortho intramolecular Hbond substituents is 1. The zero-order valence-corrected chi connectivity index (χ0v) is 8.75. The van der Waals surface area contributed by atoms with Gasteiger partial charge in [-0.25, -0.2) is 0 Å². The molecule has 0 bridgehead atoms. The Bertz CT molecular complexity index is 299. The SMILES string of the molecule is Cc1ccc(C(C)NCCN)c(O)c1. The zero-order chi connectivity index (χ0) is 10.6. The molecule has 0 aliphatic rings. The van der Waals surface area contributed by atoms with Crippen molar-refractivity contribution >= 4 is 0 Å². The first-order valence-electron chi connectivity index (χ1n) is 4.88. The number of hydrogen-bond donors (Lipinski definition) is 3. The van der Waals surface area contributed by atoms with Crippen molar-refractivity contribution in [2.75, 3.05) is 13.1 Å². The summed E-state index contributed by atoms with van der Waals surface area (Å²) < 4.78 is 0. The van der Waals surface area contributed by atoms with Crippen LogP contribution >= 0.6 is 0 Å². The molecule has 0 radical (unpaired) electrons. The van der Waals surface area contributed by atoms with Crippen molar-refractivity contribution in [2.45, 2.75) is 19.9 Å². The maximum Gasteiger partial charge on any atom is 0.120 e. The second-order valence-electron chi connectivity index (χ2n) is 3.53. The van der Waals surface area contributed by atoms with Gasteiger partial charge in [-0.1, -0.05) is 12.1 Å². The average Bonchev–Trinajstić information content (AvgIpc) is 2.14. The van der Waals surface area contributed by atoms with Crippen LogP contribution in [0.3, 0.4) is 0 Å². The minimum absolute atomic E-state index is 0.138. The fourth-order valence-electron chi connectivity index (χ4n) is 1.43. The standard InChI is InChI=1S/C11H18N2O/c1-8-3-4-10(11(14)7-8)9(2)13-6-5-12/h3-4,7,9,13-14H,5-6,12H2,1-2H3. The highest BCUT2D eigenvalue weighted by Gasteiger charge is 2.08. The quantitative estimate of drug-likeness (QED) is 0.677. The van der Waals surface area contributed by atoms with Gasteiger partial charge in [-0.15, -0.1) is 0 Å². The lowest BCUT2D eigenvalue weighted by molar-refractivity contribution is 0.453. The first-order chi connectivity index (χ1) is 6.65. The van der Waals surface area contributed by atoms with Gasteiger partial charge in [0.1, 0.15) is 5.75 Å². The average molecular weight is 194 g/mol. The molecule has 0 aliphatic heterocycles. The molecule has 3 heteroatoms. The van der Waals surface area contributed by atoms with Gasteiger partial charge in [-0.05, 0) is 25.5 Å². The third kappa shape index (κ3) is 2.72. The van der Waals surface area contributed by atoms with Gasteiger partial charge < -0.3 is 16.2 Å². The van der Waals surface area contributed by atoms with Crippen molar-refractivity contribution in [1.82, 2.24) is 5.32 Å². The van der Waals surface area contributed by atoms with E-state index in [1.807, 2.05) is 26.0 Å². The number of nitrogens with two attached hydrogens (primary N) is 1. The lowest BCUT2D eigenvalue weighted by atomic mass is 10.1. The summed E-state index contributed by atoms with van der Waals surface area (Å²) in [5.41, 5.74) is 7.38. The highest BCUT2D eigenvalue weighted by molar-refractivity contribution is 5.37. The summed E-state index contributed by atoms with van der Waals surface area (Å²) in [6.07, 6.45) is 0. The van der Waals surface area contributed by atoms with Crippen molar-refractivity contribution in [3.8, 4) is 5.75 Å². The van der Waals surface area contributed by atoms with Crippen LogP contribution in [0.25, 0.3) is 0 Å². The number of benzene rings is 1. The molecular weight excluding hydrogens is 176 g/mol. The summed E-state index contributed by atoms with van der Waals surface area (Å²) in [6, 6.07) is 5.85. The van der Waals surface area contributed by atoms with E-state index >= 15 is 0 Å². The molecular formula is C11H18N2O. The first-order valence-corrected chi connectivity index (χ1v) is 4.88. The van der Waals surface area contributed by atoms with Crippen LogP contribution in [-0.4, -0.2) is 18.2 Å². The Hall–Kier alpha value is -1.06. The van der Waals surface area contributed by atoms with E-state index in [-0.39, 0.29) is 6.04 Å². The molecule has 1 atom stereocenters. The van der Waals surface area contributed by atoms with Crippen LogP contribution in [0.4, 0.5) is 0 Å². The highest BCUT2D eigenvalue weighted by atomic mass is 16.3. The molecule has 78 valence electrons. The number of rotatable bonds is 4. The fourth-order valence-corrected chi connectivity index (χ4v) is 1.43. The number of hydrogen-bond acceptors (Lipinski definition) is 3. The monoisotopic (exact) mass is 194 g/mol. The molecule has 0 saturated carbocycles. The second kappa shape index (κ2) is 4.98. The van der Waals surface area contributed by atoms with Gasteiger partial charge in [0.05, 0.1) is 0 Å². The molecule has 0 saturated heterocycles. The van der Waals surface area contributed by atoms with Crippen LogP contribution < -0.4 is 11.1 Å². The number of aromatic hydroxyl groups is 1. The summed E-state index contributed by atoms with van der Waals surface area (Å²) >= 11 is 0. The van der Waals surface area contributed by atoms with Crippen molar-refractivity contribution in [2.24, 2.45) is 5.73 Å². The van der Waals surface area contributed by atoms with Gasteiger partial charge in [0, 0.05) is 24.7 Å². The van der Waals surface area contributed by atoms with Crippen LogP contribution in [0.5, 0.6) is 5.75 Å². The minimum atomic E-state index is 0.138. The van der Waals surface area contributed by atoms with Crippen LogP contribution in [0.2, 0.25) is 0 Å². The van der Waals surface area contributed by atoms with Crippen molar-refractivity contribution < 1.29 is 5.11 Å². The highest BCUT2D eigenvalue weighted by Crippen LogP contribution is 2.24. The van der Waals surface area contributed by atoms with Crippen molar-refractivity contribution in [3.05, 3.63) is 29.3 Å². The van der Waals surface area contributed by atoms with Gasteiger partial charge in [-0.2, -0.15) is 0 Å². The minimum Gasteiger partial charge on any atom is -0.508 e. The summed E-state index contributed by atoms with van der Waals surface area (Å²) in [4.78, 5) is 0. The molecule has 1 unspecified atom stereocenters. The van der Waals surface area contributed by atoms with Gasteiger partial charge in [-0.3, -0.25) is 0 Å². The lowest BCUT2D eigenvalue weighted by Gasteiger charge is -2.15. The van der Waals surface area contributed by atoms with E-state index in [0.29, 0.717) is 12.3 Å². The summed E-state index contributed by atoms with van der Waals surface area (Å²) in [5, 5.41) is 12.9. The van der Waals surface area contributed by atoms with Gasteiger partial charge in [0.25, 0.3) is 0 Å². The zero-order valence-electron chi connectivity index (χ0n) is 8.75. The van der Waals surface area contributed by atoms with Gasteiger partial charge >= 0.3 is 0 Å². The molecule has 14 heavy (non-hydrogen) atoms. The molecule has 0 aliphatic carbocycles. The Morgan fingerprint density at radius 3 is 2.79 bits per heavy atom. The molecule has 0 amide bonds. The molecule has 1 aromatic rings. The smallest absolute Gasteiger partial charge is 0.120 e. The van der Waals surface area contributed by atoms with Crippen LogP contribution in [0.15, 0.2) is 18.2 Å². The Morgan fingerprint density at radius 1 is 1.50 bits per heavy atom. The van der Waals surface area contributed by atoms with E-state index in [4.69, 9.17) is 5.73 Å². The van der Waals surface area contributed by atoms with E-state index in [9.17, 15) is 5.11 Å². The third-order valence-electron chi connectivity index (χ3n) is 2.25. The third-order valence-corrected chi connectivity index (χ3v) is 2.25. The summed E-state index contributed by atoms with van der Waals surface area (Å²) in [6.45, 7) is 5.34. The largest absolute Gasteiger partial charge is 0.508 e. The molecule has 0 fully saturated rings. The van der Waals surface area contributed by atoms with E-state index in [2.05, 4.69) is 5.32 Å². The molecule has 4 N–H and O–H groups in total. The summed E-state index contributed by atoms with van der Waals surface area (Å²) in [7, 11) is 0. The van der Waals surface area contributed by atoms with Crippen molar-refractivity contribution in [1.29, 1.82) is 0 Å². The van der Waals surface area contributed by atoms with Crippen LogP contribution in [0.1, 0.15) is 24.1 Å². The number of phenols is 1. The van der Waals surface area contributed by atoms with Crippen LogP contribution in [-0.2, 0) is 0 Å². The first kappa shape index (κ1) is 11.0. The fraction of sp³-hybridized carbons (Fsp3) is 0.455. The van der Waals surface area contributed by atoms with E-state index < -0.39 is 0 Å². The predicted molar refractivity (Wildman–Crippen MR) is 58.3 cm³/mol. The molecule has 0 spiro atoms. The Kier molecular flexibility index (Phi) is 3.92. The van der Waals surface area contributed by atoms with E-state index in [0.717, 1.165) is 17.7 Å². The van der Waals surface area contributed by atoms with Gasteiger partial charge in [0.15, 0.2) is 0 Å². The lowest BCUT2D eigenvalue weighted by Crippen LogP contribution is -2.25. The molecule has 1 rings (SSSR count). The topological polar surface area (TPSA) is 58.3 Å². The van der Waals surface area contributed by atoms with E-state index in [1.165, 1.54) is 0 Å². The van der Waals surface area contributed by atoms with Gasteiger partial charge in [0.2, 0.25) is 0 Å². The molecule has 1 aromatic carbocycles. The molecule has 0 heterocycles. The Labute approximate surface area is 84.9 Å². The number of aryl methyl sites for hydroxylation is 1. The predicted octanol–water partition coefficient (Wildman–Crippen LogP) is 1.31. The van der Waals surface area contributed by atoms with E-state index in [1.54, 1.807) is 6.07 Å². The Balaban J connectivity index is 2.74. The van der Waals surface area contributed by atoms with Crippen molar-refractivity contribution in [3.63, 3.8) is 0 Å². The summed E-state index contributed by atoms with van der Waals surface area (Å²) in [5.74, 6) is 0.349. The maximum atomic E-state index is 9.69. The number of nitrogens with one attached hydrogen (secondary N) is 1. The van der Waals surface area contributed by atoms with Crippen LogP contribution in [0, 0.1) is 6.92 Å². The molecule has 3 nitrogen and oxygen atoms in total.